The number of hydrogen-bond acceptors (Lipinski definition) is 2. The van der Waals surface area contributed by atoms with Crippen molar-refractivity contribution in [2.24, 2.45) is 0 Å². The van der Waals surface area contributed by atoms with Crippen LogP contribution in [0.5, 0.6) is 0 Å². The van der Waals surface area contributed by atoms with E-state index in [1.807, 2.05) is 0 Å². The van der Waals surface area contributed by atoms with E-state index >= 15 is 0 Å². The van der Waals surface area contributed by atoms with Gasteiger partial charge >= 0.3 is 0 Å². The highest BCUT2D eigenvalue weighted by Crippen LogP contribution is 2.16. The van der Waals surface area contributed by atoms with Crippen LogP contribution in [0.3, 0.4) is 0 Å². The SMILES string of the molecule is c1ccc2c(c1)CCCNCCCN2. The molecular weight excluding hydrogens is 172 g/mol. The Morgan fingerprint density at radius 1 is 0.929 bits per heavy atom. The summed E-state index contributed by atoms with van der Waals surface area (Å²) >= 11 is 0. The summed E-state index contributed by atoms with van der Waals surface area (Å²) in [6, 6.07) is 8.64. The number of nitrogens with one attached hydrogen (secondary N) is 2. The Morgan fingerprint density at radius 2 is 1.79 bits per heavy atom. The van der Waals surface area contributed by atoms with E-state index in [4.69, 9.17) is 0 Å². The van der Waals surface area contributed by atoms with Crippen molar-refractivity contribution >= 4 is 5.69 Å². The van der Waals surface area contributed by atoms with Crippen molar-refractivity contribution < 1.29 is 0 Å². The lowest BCUT2D eigenvalue weighted by molar-refractivity contribution is 0.627. The van der Waals surface area contributed by atoms with Crippen molar-refractivity contribution in [1.82, 2.24) is 5.32 Å². The van der Waals surface area contributed by atoms with Crippen LogP contribution in [0.15, 0.2) is 24.3 Å². The molecule has 0 saturated carbocycles. The maximum atomic E-state index is 3.49. The normalized spacial score (nSPS) is 18.0. The van der Waals surface area contributed by atoms with Gasteiger partial charge in [0.05, 0.1) is 0 Å². The van der Waals surface area contributed by atoms with Crippen LogP contribution in [0.4, 0.5) is 5.69 Å². The molecule has 2 rings (SSSR count). The molecule has 1 aromatic carbocycles. The van der Waals surface area contributed by atoms with E-state index in [0.717, 1.165) is 19.6 Å². The number of aryl methyl sites for hydroxylation is 1. The van der Waals surface area contributed by atoms with E-state index in [1.165, 1.54) is 30.5 Å². The van der Waals surface area contributed by atoms with Crippen LogP contribution in [0.25, 0.3) is 0 Å². The number of para-hydroxylation sites is 1. The molecule has 0 spiro atoms. The van der Waals surface area contributed by atoms with Crippen LogP contribution in [0, 0.1) is 0 Å². The second kappa shape index (κ2) is 5.01. The van der Waals surface area contributed by atoms with Gasteiger partial charge < -0.3 is 10.6 Å². The molecule has 0 bridgehead atoms. The maximum absolute atomic E-state index is 3.49. The zero-order chi connectivity index (χ0) is 9.64. The Morgan fingerprint density at radius 3 is 2.79 bits per heavy atom. The number of fused-ring (bicyclic) bond motifs is 1. The van der Waals surface area contributed by atoms with Crippen molar-refractivity contribution in [3.05, 3.63) is 29.8 Å². The van der Waals surface area contributed by atoms with Crippen molar-refractivity contribution in [2.45, 2.75) is 19.3 Å². The summed E-state index contributed by atoms with van der Waals surface area (Å²) in [5.41, 5.74) is 2.78. The lowest BCUT2D eigenvalue weighted by Crippen LogP contribution is -2.21. The smallest absolute Gasteiger partial charge is 0.0372 e. The molecule has 0 saturated heterocycles. The van der Waals surface area contributed by atoms with E-state index in [2.05, 4.69) is 34.9 Å². The number of anilines is 1. The first-order valence-electron chi connectivity index (χ1n) is 5.49. The highest BCUT2D eigenvalue weighted by molar-refractivity contribution is 5.51. The molecule has 1 aliphatic heterocycles. The van der Waals surface area contributed by atoms with Crippen LogP contribution in [0.2, 0.25) is 0 Å². The summed E-state index contributed by atoms with van der Waals surface area (Å²) in [6.07, 6.45) is 3.61. The molecule has 0 aromatic heterocycles. The maximum Gasteiger partial charge on any atom is 0.0372 e. The topological polar surface area (TPSA) is 24.1 Å². The molecule has 1 aromatic rings. The summed E-state index contributed by atoms with van der Waals surface area (Å²) in [7, 11) is 0. The fourth-order valence-corrected chi connectivity index (χ4v) is 1.88. The number of rotatable bonds is 0. The highest BCUT2D eigenvalue weighted by atomic mass is 14.9. The molecular formula is C12H18N2. The third-order valence-corrected chi connectivity index (χ3v) is 2.66. The Labute approximate surface area is 85.7 Å². The van der Waals surface area contributed by atoms with Crippen LogP contribution in [-0.4, -0.2) is 19.6 Å². The van der Waals surface area contributed by atoms with E-state index in [-0.39, 0.29) is 0 Å². The zero-order valence-electron chi connectivity index (χ0n) is 8.55. The predicted molar refractivity (Wildman–Crippen MR) is 60.7 cm³/mol. The predicted octanol–water partition coefficient (Wildman–Crippen LogP) is 2.02. The van der Waals surface area contributed by atoms with Crippen LogP contribution in [0.1, 0.15) is 18.4 Å². The van der Waals surface area contributed by atoms with Gasteiger partial charge in [-0.05, 0) is 44.0 Å². The molecule has 0 radical (unpaired) electrons. The third-order valence-electron chi connectivity index (χ3n) is 2.66. The lowest BCUT2D eigenvalue weighted by Gasteiger charge is -2.14. The molecule has 0 aliphatic carbocycles. The Balaban J connectivity index is 2.10. The van der Waals surface area contributed by atoms with E-state index < -0.39 is 0 Å². The summed E-state index contributed by atoms with van der Waals surface area (Å²) in [4.78, 5) is 0. The second-order valence-electron chi connectivity index (χ2n) is 3.79. The molecule has 0 amide bonds. The van der Waals surface area contributed by atoms with E-state index in [1.54, 1.807) is 0 Å². The number of benzene rings is 1. The minimum Gasteiger partial charge on any atom is -0.385 e. The van der Waals surface area contributed by atoms with Gasteiger partial charge in [0.1, 0.15) is 0 Å². The van der Waals surface area contributed by atoms with Crippen molar-refractivity contribution in [1.29, 1.82) is 0 Å². The minimum absolute atomic E-state index is 1.07. The molecule has 0 atom stereocenters. The van der Waals surface area contributed by atoms with Gasteiger partial charge in [-0.2, -0.15) is 0 Å². The largest absolute Gasteiger partial charge is 0.385 e. The molecule has 14 heavy (non-hydrogen) atoms. The van der Waals surface area contributed by atoms with E-state index in [0.29, 0.717) is 0 Å². The molecule has 76 valence electrons. The summed E-state index contributed by atoms with van der Waals surface area (Å²) in [6.45, 7) is 3.35. The van der Waals surface area contributed by atoms with Crippen LogP contribution >= 0.6 is 0 Å². The Bertz CT molecular complexity index is 254. The van der Waals surface area contributed by atoms with Crippen LogP contribution < -0.4 is 10.6 Å². The molecule has 0 unspecified atom stereocenters. The van der Waals surface area contributed by atoms with E-state index in [9.17, 15) is 0 Å². The van der Waals surface area contributed by atoms with Gasteiger partial charge in [0.2, 0.25) is 0 Å². The first-order chi connectivity index (χ1) is 6.97. The average Bonchev–Trinajstić information content (AvgIpc) is 2.25. The van der Waals surface area contributed by atoms with Gasteiger partial charge in [-0.3, -0.25) is 0 Å². The first-order valence-corrected chi connectivity index (χ1v) is 5.49. The van der Waals surface area contributed by atoms with Gasteiger partial charge in [-0.25, -0.2) is 0 Å². The van der Waals surface area contributed by atoms with Gasteiger partial charge in [0, 0.05) is 12.2 Å². The Hall–Kier alpha value is -1.02. The van der Waals surface area contributed by atoms with Crippen molar-refractivity contribution in [3.63, 3.8) is 0 Å². The molecule has 2 N–H and O–H groups in total. The van der Waals surface area contributed by atoms with Gasteiger partial charge in [-0.15, -0.1) is 0 Å². The number of hydrogen-bond donors (Lipinski definition) is 2. The highest BCUT2D eigenvalue weighted by Gasteiger charge is 2.02. The zero-order valence-corrected chi connectivity index (χ0v) is 8.55. The summed E-state index contributed by atoms with van der Waals surface area (Å²) in [5, 5.41) is 6.94. The molecule has 2 heteroatoms. The third kappa shape index (κ3) is 2.48. The quantitative estimate of drug-likeness (QED) is 0.654. The van der Waals surface area contributed by atoms with Gasteiger partial charge in [0.25, 0.3) is 0 Å². The standard InChI is InChI=1S/C12H18N2/c1-2-7-12-11(5-1)6-3-8-13-9-4-10-14-12/h1-2,5,7,13-14H,3-4,6,8-10H2. The second-order valence-corrected chi connectivity index (χ2v) is 3.79. The minimum atomic E-state index is 1.07. The van der Waals surface area contributed by atoms with Gasteiger partial charge in [0.15, 0.2) is 0 Å². The van der Waals surface area contributed by atoms with Crippen molar-refractivity contribution in [2.75, 3.05) is 25.0 Å². The molecule has 0 fully saturated rings. The Kier molecular flexibility index (Phi) is 3.41. The lowest BCUT2D eigenvalue weighted by atomic mass is 10.1. The fourth-order valence-electron chi connectivity index (χ4n) is 1.88. The first kappa shape index (κ1) is 9.53. The van der Waals surface area contributed by atoms with Gasteiger partial charge in [-0.1, -0.05) is 18.2 Å². The molecule has 1 heterocycles. The van der Waals surface area contributed by atoms with Crippen molar-refractivity contribution in [3.8, 4) is 0 Å². The van der Waals surface area contributed by atoms with Crippen LogP contribution in [-0.2, 0) is 6.42 Å². The summed E-state index contributed by atoms with van der Waals surface area (Å²) in [5.74, 6) is 0. The summed E-state index contributed by atoms with van der Waals surface area (Å²) < 4.78 is 0. The molecule has 2 nitrogen and oxygen atoms in total. The average molecular weight is 190 g/mol. The fraction of sp³-hybridized carbons (Fsp3) is 0.500. The monoisotopic (exact) mass is 190 g/mol. The molecule has 1 aliphatic rings.